The number of rotatable bonds is 1. The Bertz CT molecular complexity index is 557. The van der Waals surface area contributed by atoms with Crippen LogP contribution < -0.4 is 5.32 Å². The highest BCUT2D eigenvalue weighted by Crippen LogP contribution is 2.39. The van der Waals surface area contributed by atoms with Gasteiger partial charge in [0.1, 0.15) is 17.7 Å². The molecule has 2 rings (SSSR count). The van der Waals surface area contributed by atoms with Crippen molar-refractivity contribution in [1.82, 2.24) is 5.32 Å². The first-order valence-corrected chi connectivity index (χ1v) is 7.42. The molecule has 1 spiro atoms. The van der Waals surface area contributed by atoms with Crippen LogP contribution in [-0.4, -0.2) is 59.3 Å². The molecule has 0 aromatic heterocycles. The van der Waals surface area contributed by atoms with E-state index in [-0.39, 0.29) is 17.6 Å². The van der Waals surface area contributed by atoms with Crippen LogP contribution in [-0.2, 0) is 9.53 Å². The number of hydrogen-bond acceptors (Lipinski definition) is 4. The number of amides is 1. The molecular weight excluding hydrogens is 284 g/mol. The molecule has 2 atom stereocenters. The zero-order chi connectivity index (χ0) is 16.8. The molecule has 2 N–H and O–H groups in total. The quantitative estimate of drug-likeness (QED) is 0.723. The number of carbonyl (C=O) groups excluding carboxylic acids is 2. The van der Waals surface area contributed by atoms with E-state index < -0.39 is 17.2 Å². The number of aliphatic hydroxyl groups excluding tert-OH is 1. The molecular formula is C16H25N2O4+. The van der Waals surface area contributed by atoms with Gasteiger partial charge >= 0.3 is 6.09 Å². The number of alkyl carbamates (subject to hydrolysis) is 1. The maximum atomic E-state index is 11.9. The van der Waals surface area contributed by atoms with Crippen LogP contribution in [0.4, 0.5) is 4.79 Å². The molecule has 1 saturated heterocycles. The average molecular weight is 309 g/mol. The Labute approximate surface area is 131 Å². The molecule has 122 valence electrons. The minimum Gasteiger partial charge on any atom is -0.504 e. The molecule has 1 fully saturated rings. The summed E-state index contributed by atoms with van der Waals surface area (Å²) in [5.41, 5.74) is -1.03. The topological polar surface area (TPSA) is 75.6 Å². The fraction of sp³-hybridized carbons (Fsp3) is 0.625. The maximum absolute atomic E-state index is 11.9. The highest BCUT2D eigenvalue weighted by Gasteiger charge is 2.53. The molecule has 1 amide bonds. The molecule has 0 aromatic carbocycles. The van der Waals surface area contributed by atoms with Crippen LogP contribution in [0.25, 0.3) is 0 Å². The van der Waals surface area contributed by atoms with E-state index in [0.717, 1.165) is 0 Å². The van der Waals surface area contributed by atoms with Crippen molar-refractivity contribution in [3.05, 3.63) is 24.0 Å². The predicted octanol–water partition coefficient (Wildman–Crippen LogP) is 1.68. The van der Waals surface area contributed by atoms with E-state index >= 15 is 0 Å². The summed E-state index contributed by atoms with van der Waals surface area (Å²) in [6.07, 6.45) is 4.99. The number of nitrogens with zero attached hydrogens (tertiary/aromatic N) is 1. The summed E-state index contributed by atoms with van der Waals surface area (Å²) in [4.78, 5) is 23.4. The largest absolute Gasteiger partial charge is 0.504 e. The van der Waals surface area contributed by atoms with Gasteiger partial charge in [-0.1, -0.05) is 0 Å². The van der Waals surface area contributed by atoms with Gasteiger partial charge in [-0.25, -0.2) is 4.79 Å². The molecule has 1 heterocycles. The average Bonchev–Trinajstić information content (AvgIpc) is 2.52. The SMILES string of the molecule is CC(C)(C)OC(=O)N[C@H]1CC2(C=CC(=O)C(O)=C2)[N+](C)(C)C1. The minimum atomic E-state index is -0.542. The van der Waals surface area contributed by atoms with E-state index in [1.807, 2.05) is 40.9 Å². The Morgan fingerprint density at radius 2 is 2.09 bits per heavy atom. The number of likely N-dealkylation sites (N-methyl/N-ethyl adjacent to an activating group) is 1. The molecule has 0 aromatic rings. The molecule has 1 unspecified atom stereocenters. The first-order chi connectivity index (χ1) is 9.94. The summed E-state index contributed by atoms with van der Waals surface area (Å²) in [7, 11) is 4.03. The van der Waals surface area contributed by atoms with Crippen molar-refractivity contribution in [1.29, 1.82) is 0 Å². The highest BCUT2D eigenvalue weighted by atomic mass is 16.6. The number of allylic oxidation sites excluding steroid dienone is 1. The number of hydrogen-bond donors (Lipinski definition) is 2. The zero-order valence-corrected chi connectivity index (χ0v) is 13.8. The minimum absolute atomic E-state index is 0.0910. The number of likely N-dealkylation sites (tertiary alicyclic amines) is 1. The summed E-state index contributed by atoms with van der Waals surface area (Å²) in [6.45, 7) is 6.14. The van der Waals surface area contributed by atoms with Crippen molar-refractivity contribution >= 4 is 11.9 Å². The van der Waals surface area contributed by atoms with E-state index in [9.17, 15) is 14.7 Å². The lowest BCUT2D eigenvalue weighted by molar-refractivity contribution is -0.914. The number of quaternary nitrogens is 1. The van der Waals surface area contributed by atoms with Gasteiger partial charge in [-0.05, 0) is 32.9 Å². The normalized spacial score (nSPS) is 30.3. The van der Waals surface area contributed by atoms with Gasteiger partial charge in [0.2, 0.25) is 5.78 Å². The molecule has 0 radical (unpaired) electrons. The number of ketones is 1. The summed E-state index contributed by atoms with van der Waals surface area (Å²) in [5.74, 6) is -0.610. The smallest absolute Gasteiger partial charge is 0.408 e. The molecule has 22 heavy (non-hydrogen) atoms. The fourth-order valence-electron chi connectivity index (χ4n) is 3.16. The molecule has 1 aliphatic heterocycles. The number of nitrogens with one attached hydrogen (secondary N) is 1. The predicted molar refractivity (Wildman–Crippen MR) is 82.3 cm³/mol. The van der Waals surface area contributed by atoms with Gasteiger partial charge in [-0.15, -0.1) is 0 Å². The van der Waals surface area contributed by atoms with Gasteiger partial charge in [0.15, 0.2) is 5.76 Å². The van der Waals surface area contributed by atoms with E-state index in [2.05, 4.69) is 5.32 Å². The third-order valence-electron chi connectivity index (χ3n) is 4.26. The van der Waals surface area contributed by atoms with Crippen molar-refractivity contribution in [2.45, 2.75) is 44.4 Å². The zero-order valence-electron chi connectivity index (χ0n) is 13.8. The summed E-state index contributed by atoms with van der Waals surface area (Å²) >= 11 is 0. The lowest BCUT2D eigenvalue weighted by Crippen LogP contribution is -2.54. The van der Waals surface area contributed by atoms with Crippen LogP contribution in [0.2, 0.25) is 0 Å². The Kier molecular flexibility index (Phi) is 3.85. The van der Waals surface area contributed by atoms with Gasteiger partial charge in [-0.3, -0.25) is 4.79 Å². The van der Waals surface area contributed by atoms with Crippen molar-refractivity contribution in [2.75, 3.05) is 20.6 Å². The van der Waals surface area contributed by atoms with Gasteiger partial charge in [-0.2, -0.15) is 0 Å². The number of carbonyl (C=O) groups is 2. The van der Waals surface area contributed by atoms with Crippen LogP contribution in [0, 0.1) is 0 Å². The van der Waals surface area contributed by atoms with Crippen molar-refractivity contribution in [2.24, 2.45) is 0 Å². The van der Waals surface area contributed by atoms with Crippen LogP contribution in [0.1, 0.15) is 27.2 Å². The Morgan fingerprint density at radius 1 is 1.45 bits per heavy atom. The first kappa shape index (κ1) is 16.5. The van der Waals surface area contributed by atoms with E-state index in [1.54, 1.807) is 6.08 Å². The van der Waals surface area contributed by atoms with E-state index in [4.69, 9.17) is 4.74 Å². The second-order valence-corrected chi connectivity index (χ2v) is 7.63. The highest BCUT2D eigenvalue weighted by molar-refractivity contribution is 6.03. The monoisotopic (exact) mass is 309 g/mol. The number of ether oxygens (including phenoxy) is 1. The maximum Gasteiger partial charge on any atom is 0.408 e. The molecule has 0 saturated carbocycles. The fourth-order valence-corrected chi connectivity index (χ4v) is 3.16. The molecule has 6 nitrogen and oxygen atoms in total. The lowest BCUT2D eigenvalue weighted by atomic mass is 9.88. The Morgan fingerprint density at radius 3 is 2.64 bits per heavy atom. The third kappa shape index (κ3) is 3.16. The van der Waals surface area contributed by atoms with E-state index in [0.29, 0.717) is 17.4 Å². The molecule has 0 bridgehead atoms. The van der Waals surface area contributed by atoms with Crippen molar-refractivity contribution in [3.8, 4) is 0 Å². The summed E-state index contributed by atoms with van der Waals surface area (Å²) in [5, 5.41) is 12.7. The lowest BCUT2D eigenvalue weighted by Gasteiger charge is -2.40. The first-order valence-electron chi connectivity index (χ1n) is 7.42. The number of aliphatic hydroxyl groups is 1. The molecule has 2 aliphatic rings. The van der Waals surface area contributed by atoms with Gasteiger partial charge in [0, 0.05) is 12.5 Å². The van der Waals surface area contributed by atoms with Gasteiger partial charge < -0.3 is 19.6 Å². The second kappa shape index (κ2) is 5.12. The Hall–Kier alpha value is -1.82. The van der Waals surface area contributed by atoms with Gasteiger partial charge in [0.05, 0.1) is 20.1 Å². The molecule has 6 heteroatoms. The van der Waals surface area contributed by atoms with Crippen molar-refractivity contribution < 1.29 is 23.9 Å². The van der Waals surface area contributed by atoms with Gasteiger partial charge in [0.25, 0.3) is 0 Å². The Balaban J connectivity index is 2.13. The third-order valence-corrected chi connectivity index (χ3v) is 4.26. The van der Waals surface area contributed by atoms with Crippen LogP contribution in [0.3, 0.4) is 0 Å². The van der Waals surface area contributed by atoms with Crippen LogP contribution in [0.15, 0.2) is 24.0 Å². The van der Waals surface area contributed by atoms with Crippen LogP contribution in [0.5, 0.6) is 0 Å². The second-order valence-electron chi connectivity index (χ2n) is 7.63. The summed E-state index contributed by atoms with van der Waals surface area (Å²) in [6, 6.07) is -0.0910. The van der Waals surface area contributed by atoms with E-state index in [1.165, 1.54) is 6.08 Å². The standard InChI is InChI=1S/C16H24N2O4/c1-15(2,3)22-14(21)17-11-8-16(18(4,5)10-11)7-6-12(19)13(20)9-16/h6-7,9,11H,8,10H2,1-5H3,(H-,17,20,21)/p+1/t11-,16?/m0/s1. The van der Waals surface area contributed by atoms with Crippen LogP contribution >= 0.6 is 0 Å². The summed E-state index contributed by atoms with van der Waals surface area (Å²) < 4.78 is 5.83. The molecule has 1 aliphatic carbocycles. The van der Waals surface area contributed by atoms with Crippen molar-refractivity contribution in [3.63, 3.8) is 0 Å².